The summed E-state index contributed by atoms with van der Waals surface area (Å²) >= 11 is 0. The van der Waals surface area contributed by atoms with Gasteiger partial charge in [0.15, 0.2) is 0 Å². The van der Waals surface area contributed by atoms with Crippen molar-refractivity contribution in [3.05, 3.63) is 23.9 Å². The van der Waals surface area contributed by atoms with Crippen LogP contribution in [0.2, 0.25) is 0 Å². The van der Waals surface area contributed by atoms with Gasteiger partial charge in [0.1, 0.15) is 5.82 Å². The van der Waals surface area contributed by atoms with E-state index >= 15 is 0 Å². The van der Waals surface area contributed by atoms with Gasteiger partial charge in [-0.25, -0.2) is 4.98 Å². The van der Waals surface area contributed by atoms with Crippen LogP contribution in [0.25, 0.3) is 0 Å². The van der Waals surface area contributed by atoms with Gasteiger partial charge in [0.05, 0.1) is 6.61 Å². The second-order valence-electron chi connectivity index (χ2n) is 3.40. The highest BCUT2D eigenvalue weighted by atomic mass is 16.5. The summed E-state index contributed by atoms with van der Waals surface area (Å²) in [5.41, 5.74) is 6.68. The molecule has 70 valence electrons. The van der Waals surface area contributed by atoms with Crippen molar-refractivity contribution in [1.29, 1.82) is 0 Å². The molecule has 2 N–H and O–H groups in total. The molecule has 0 aromatic carbocycles. The van der Waals surface area contributed by atoms with E-state index < -0.39 is 0 Å². The number of ether oxygens (including phenoxy) is 1. The van der Waals surface area contributed by atoms with Crippen LogP contribution in [-0.2, 0) is 4.74 Å². The fourth-order valence-corrected chi connectivity index (χ4v) is 1.67. The Morgan fingerprint density at radius 1 is 1.46 bits per heavy atom. The van der Waals surface area contributed by atoms with Crippen molar-refractivity contribution in [3.63, 3.8) is 0 Å². The Balaban J connectivity index is 2.14. The summed E-state index contributed by atoms with van der Waals surface area (Å²) in [4.78, 5) is 4.29. The molecule has 1 aromatic heterocycles. The van der Waals surface area contributed by atoms with Crippen molar-refractivity contribution in [2.75, 3.05) is 18.9 Å². The van der Waals surface area contributed by atoms with Gasteiger partial charge in [0, 0.05) is 18.2 Å². The summed E-state index contributed by atoms with van der Waals surface area (Å²) < 4.78 is 5.40. The predicted octanol–water partition coefficient (Wildman–Crippen LogP) is 1.56. The summed E-state index contributed by atoms with van der Waals surface area (Å²) in [7, 11) is 0. The van der Waals surface area contributed by atoms with Crippen LogP contribution in [0.3, 0.4) is 0 Å². The lowest BCUT2D eigenvalue weighted by atomic mass is 9.98. The highest BCUT2D eigenvalue weighted by molar-refractivity contribution is 5.30. The van der Waals surface area contributed by atoms with Gasteiger partial charge >= 0.3 is 0 Å². The molecule has 2 heterocycles. The third-order valence-corrected chi connectivity index (χ3v) is 2.37. The number of nitrogens with two attached hydrogens (primary N) is 1. The first-order valence-corrected chi connectivity index (χ1v) is 4.66. The van der Waals surface area contributed by atoms with Crippen molar-refractivity contribution < 1.29 is 4.74 Å². The molecule has 0 unspecified atom stereocenters. The van der Waals surface area contributed by atoms with Crippen LogP contribution in [-0.4, -0.2) is 18.2 Å². The van der Waals surface area contributed by atoms with Crippen molar-refractivity contribution in [2.45, 2.75) is 18.8 Å². The average molecular weight is 178 g/mol. The Morgan fingerprint density at radius 3 is 3.08 bits per heavy atom. The van der Waals surface area contributed by atoms with Crippen LogP contribution in [0.4, 0.5) is 5.82 Å². The molecule has 0 amide bonds. The first-order valence-electron chi connectivity index (χ1n) is 4.66. The van der Waals surface area contributed by atoms with Gasteiger partial charge in [0.2, 0.25) is 0 Å². The Bertz CT molecular complexity index is 282. The quantitative estimate of drug-likeness (QED) is 0.710. The standard InChI is InChI=1S/C10H14N2O/c11-10-5-1-4-9(12-10)8-3-2-6-13-7-8/h1,4-5,8H,2-3,6-7H2,(H2,11,12)/t8-/m1/s1. The molecule has 3 nitrogen and oxygen atoms in total. The molecule has 1 aromatic rings. The Kier molecular flexibility index (Phi) is 2.45. The zero-order chi connectivity index (χ0) is 9.10. The summed E-state index contributed by atoms with van der Waals surface area (Å²) in [6, 6.07) is 5.79. The molecular formula is C10H14N2O. The van der Waals surface area contributed by atoms with E-state index in [4.69, 9.17) is 10.5 Å². The number of rotatable bonds is 1. The van der Waals surface area contributed by atoms with Crippen LogP contribution < -0.4 is 5.73 Å². The molecule has 0 radical (unpaired) electrons. The minimum Gasteiger partial charge on any atom is -0.384 e. The molecule has 1 aliphatic heterocycles. The molecule has 1 atom stereocenters. The second kappa shape index (κ2) is 3.75. The van der Waals surface area contributed by atoms with E-state index in [0.29, 0.717) is 11.7 Å². The summed E-state index contributed by atoms with van der Waals surface area (Å²) in [5, 5.41) is 0. The highest BCUT2D eigenvalue weighted by Gasteiger charge is 2.16. The van der Waals surface area contributed by atoms with Crippen LogP contribution in [0.15, 0.2) is 18.2 Å². The number of hydrogen-bond acceptors (Lipinski definition) is 3. The monoisotopic (exact) mass is 178 g/mol. The fraction of sp³-hybridized carbons (Fsp3) is 0.500. The molecule has 0 saturated carbocycles. The van der Waals surface area contributed by atoms with Gasteiger partial charge in [0.25, 0.3) is 0 Å². The zero-order valence-corrected chi connectivity index (χ0v) is 7.57. The minimum atomic E-state index is 0.442. The first-order chi connectivity index (χ1) is 6.36. The highest BCUT2D eigenvalue weighted by Crippen LogP contribution is 2.23. The van der Waals surface area contributed by atoms with Gasteiger partial charge in [-0.3, -0.25) is 0 Å². The summed E-state index contributed by atoms with van der Waals surface area (Å²) in [6.07, 6.45) is 2.29. The summed E-state index contributed by atoms with van der Waals surface area (Å²) in [6.45, 7) is 1.68. The van der Waals surface area contributed by atoms with Gasteiger partial charge in [-0.05, 0) is 25.0 Å². The Hall–Kier alpha value is -1.09. The van der Waals surface area contributed by atoms with Crippen LogP contribution >= 0.6 is 0 Å². The fourth-order valence-electron chi connectivity index (χ4n) is 1.67. The van der Waals surface area contributed by atoms with E-state index in [1.165, 1.54) is 0 Å². The third kappa shape index (κ3) is 1.98. The number of aromatic nitrogens is 1. The van der Waals surface area contributed by atoms with Gasteiger partial charge < -0.3 is 10.5 Å². The molecule has 0 aliphatic carbocycles. The lowest BCUT2D eigenvalue weighted by Gasteiger charge is -2.21. The number of pyridine rings is 1. The minimum absolute atomic E-state index is 0.442. The molecule has 0 bridgehead atoms. The van der Waals surface area contributed by atoms with E-state index in [1.54, 1.807) is 0 Å². The number of anilines is 1. The maximum Gasteiger partial charge on any atom is 0.123 e. The predicted molar refractivity (Wildman–Crippen MR) is 51.4 cm³/mol. The third-order valence-electron chi connectivity index (χ3n) is 2.37. The van der Waals surface area contributed by atoms with Crippen molar-refractivity contribution >= 4 is 5.82 Å². The van der Waals surface area contributed by atoms with Crippen LogP contribution in [0.1, 0.15) is 24.5 Å². The van der Waals surface area contributed by atoms with Crippen LogP contribution in [0.5, 0.6) is 0 Å². The van der Waals surface area contributed by atoms with Crippen molar-refractivity contribution in [3.8, 4) is 0 Å². The van der Waals surface area contributed by atoms with E-state index in [2.05, 4.69) is 4.98 Å². The van der Waals surface area contributed by atoms with Gasteiger partial charge in [-0.1, -0.05) is 6.07 Å². The zero-order valence-electron chi connectivity index (χ0n) is 7.57. The molecule has 1 aliphatic rings. The first kappa shape index (κ1) is 8.51. The normalized spacial score (nSPS) is 22.9. The average Bonchev–Trinajstić information content (AvgIpc) is 2.19. The lowest BCUT2D eigenvalue weighted by molar-refractivity contribution is 0.0793. The molecule has 0 spiro atoms. The molecule has 2 rings (SSSR count). The largest absolute Gasteiger partial charge is 0.384 e. The second-order valence-corrected chi connectivity index (χ2v) is 3.40. The van der Waals surface area contributed by atoms with Crippen LogP contribution in [0, 0.1) is 0 Å². The SMILES string of the molecule is Nc1cccc([C@@H]2CCCOC2)n1. The summed E-state index contributed by atoms with van der Waals surface area (Å²) in [5.74, 6) is 1.04. The Morgan fingerprint density at radius 2 is 2.38 bits per heavy atom. The number of nitrogens with zero attached hydrogens (tertiary/aromatic N) is 1. The topological polar surface area (TPSA) is 48.1 Å². The van der Waals surface area contributed by atoms with Crippen molar-refractivity contribution in [2.24, 2.45) is 0 Å². The molecule has 1 fully saturated rings. The maximum absolute atomic E-state index is 5.61. The molecular weight excluding hydrogens is 164 g/mol. The van der Waals surface area contributed by atoms with E-state index in [9.17, 15) is 0 Å². The molecule has 3 heteroatoms. The molecule has 1 saturated heterocycles. The van der Waals surface area contributed by atoms with E-state index in [0.717, 1.165) is 31.7 Å². The molecule has 13 heavy (non-hydrogen) atoms. The Labute approximate surface area is 77.9 Å². The van der Waals surface area contributed by atoms with E-state index in [-0.39, 0.29) is 0 Å². The van der Waals surface area contributed by atoms with Crippen molar-refractivity contribution in [1.82, 2.24) is 4.98 Å². The van der Waals surface area contributed by atoms with E-state index in [1.807, 2.05) is 18.2 Å². The van der Waals surface area contributed by atoms with Gasteiger partial charge in [-0.2, -0.15) is 0 Å². The van der Waals surface area contributed by atoms with Gasteiger partial charge in [-0.15, -0.1) is 0 Å². The number of hydrogen-bond donors (Lipinski definition) is 1. The number of nitrogen functional groups attached to an aromatic ring is 1. The smallest absolute Gasteiger partial charge is 0.123 e. The lowest BCUT2D eigenvalue weighted by Crippen LogP contribution is -2.16. The maximum atomic E-state index is 5.61.